The quantitative estimate of drug-likeness (QED) is 0.312. The molecular formula is C34H43FN2O3. The van der Waals surface area contributed by atoms with Gasteiger partial charge in [0.2, 0.25) is 0 Å². The Kier molecular flexibility index (Phi) is 8.69. The summed E-state index contributed by atoms with van der Waals surface area (Å²) in [5.41, 5.74) is 7.00. The highest BCUT2D eigenvalue weighted by atomic mass is 19.1. The summed E-state index contributed by atoms with van der Waals surface area (Å²) in [6, 6.07) is 15.1. The molecule has 0 aliphatic carbocycles. The van der Waals surface area contributed by atoms with Gasteiger partial charge in [-0.25, -0.2) is 9.18 Å². The van der Waals surface area contributed by atoms with Crippen LogP contribution in [0.3, 0.4) is 0 Å². The molecular weight excluding hydrogens is 503 g/mol. The number of piperidine rings is 1. The minimum atomic E-state index is -1.13. The number of ether oxygens (including phenoxy) is 1. The minimum Gasteiger partial charge on any atom is -0.479 e. The SMILES string of the molecule is Cc1nc(C)c([C@H](OC(C)(C)C)C(=O)O)c(N2CCC(C)(C)CC2)c1-c1ccc(CCc2ccc(F)cc2)cc1. The molecule has 40 heavy (non-hydrogen) atoms. The second-order valence-corrected chi connectivity index (χ2v) is 12.8. The molecule has 0 radical (unpaired) electrons. The molecule has 1 aromatic heterocycles. The normalized spacial score (nSPS) is 16.1. The molecule has 0 saturated carbocycles. The van der Waals surface area contributed by atoms with Crippen molar-refractivity contribution in [1.29, 1.82) is 0 Å². The molecule has 0 amide bonds. The van der Waals surface area contributed by atoms with Crippen LogP contribution in [0.4, 0.5) is 10.1 Å². The van der Waals surface area contributed by atoms with Gasteiger partial charge in [-0.1, -0.05) is 50.2 Å². The predicted octanol–water partition coefficient (Wildman–Crippen LogP) is 7.86. The van der Waals surface area contributed by atoms with Crippen LogP contribution in [0.1, 0.15) is 81.6 Å². The number of carboxylic acid groups (broad SMARTS) is 1. The number of carbonyl (C=O) groups is 1. The Morgan fingerprint density at radius 2 is 1.50 bits per heavy atom. The van der Waals surface area contributed by atoms with E-state index >= 15 is 0 Å². The van der Waals surface area contributed by atoms with Crippen molar-refractivity contribution in [2.75, 3.05) is 18.0 Å². The summed E-state index contributed by atoms with van der Waals surface area (Å²) >= 11 is 0. The average molecular weight is 547 g/mol. The summed E-state index contributed by atoms with van der Waals surface area (Å²) in [7, 11) is 0. The topological polar surface area (TPSA) is 62.7 Å². The van der Waals surface area contributed by atoms with E-state index in [1.165, 1.54) is 17.7 Å². The number of nitrogens with zero attached hydrogens (tertiary/aromatic N) is 2. The molecule has 2 heterocycles. The fourth-order valence-electron chi connectivity index (χ4n) is 5.53. The molecule has 0 bridgehead atoms. The summed E-state index contributed by atoms with van der Waals surface area (Å²) in [6.45, 7) is 15.8. The first-order valence-electron chi connectivity index (χ1n) is 14.2. The van der Waals surface area contributed by atoms with Crippen molar-refractivity contribution in [3.63, 3.8) is 0 Å². The number of aliphatic carboxylic acids is 1. The molecule has 1 N–H and O–H groups in total. The Morgan fingerprint density at radius 1 is 0.975 bits per heavy atom. The Hall–Kier alpha value is -3.25. The third-order valence-corrected chi connectivity index (χ3v) is 7.83. The highest BCUT2D eigenvalue weighted by Crippen LogP contribution is 2.44. The van der Waals surface area contributed by atoms with Crippen molar-refractivity contribution in [2.24, 2.45) is 5.41 Å². The number of hydrogen-bond donors (Lipinski definition) is 1. The van der Waals surface area contributed by atoms with Gasteiger partial charge in [0.25, 0.3) is 0 Å². The molecule has 1 atom stereocenters. The van der Waals surface area contributed by atoms with Crippen LogP contribution in [-0.2, 0) is 22.4 Å². The molecule has 2 aromatic carbocycles. The third-order valence-electron chi connectivity index (χ3n) is 7.83. The van der Waals surface area contributed by atoms with Gasteiger partial charge in [0.1, 0.15) is 5.82 Å². The van der Waals surface area contributed by atoms with Crippen molar-refractivity contribution in [3.8, 4) is 11.1 Å². The first-order valence-corrected chi connectivity index (χ1v) is 14.2. The van der Waals surface area contributed by atoms with E-state index in [-0.39, 0.29) is 11.2 Å². The fourth-order valence-corrected chi connectivity index (χ4v) is 5.53. The van der Waals surface area contributed by atoms with Gasteiger partial charge in [-0.05, 0) is 94.5 Å². The monoisotopic (exact) mass is 546 g/mol. The molecule has 5 nitrogen and oxygen atoms in total. The number of aryl methyl sites for hydroxylation is 4. The van der Waals surface area contributed by atoms with E-state index in [2.05, 4.69) is 43.0 Å². The first-order chi connectivity index (χ1) is 18.7. The van der Waals surface area contributed by atoms with Gasteiger partial charge < -0.3 is 14.7 Å². The van der Waals surface area contributed by atoms with Gasteiger partial charge in [-0.15, -0.1) is 0 Å². The second-order valence-electron chi connectivity index (χ2n) is 12.8. The molecule has 1 fully saturated rings. The second kappa shape index (κ2) is 11.7. The van der Waals surface area contributed by atoms with E-state index in [1.54, 1.807) is 0 Å². The number of anilines is 1. The van der Waals surface area contributed by atoms with E-state index in [0.717, 1.165) is 66.8 Å². The van der Waals surface area contributed by atoms with Crippen molar-refractivity contribution in [1.82, 2.24) is 4.98 Å². The van der Waals surface area contributed by atoms with Crippen molar-refractivity contribution < 1.29 is 19.0 Å². The van der Waals surface area contributed by atoms with Gasteiger partial charge in [-0.2, -0.15) is 0 Å². The predicted molar refractivity (Wildman–Crippen MR) is 159 cm³/mol. The third kappa shape index (κ3) is 7.08. The highest BCUT2D eigenvalue weighted by Gasteiger charge is 2.36. The van der Waals surface area contributed by atoms with Crippen molar-refractivity contribution >= 4 is 11.7 Å². The fraction of sp³-hybridized carbons (Fsp3) is 0.471. The van der Waals surface area contributed by atoms with Gasteiger partial charge in [0.15, 0.2) is 6.10 Å². The van der Waals surface area contributed by atoms with Crippen LogP contribution in [0.2, 0.25) is 0 Å². The van der Waals surface area contributed by atoms with Gasteiger partial charge >= 0.3 is 5.97 Å². The van der Waals surface area contributed by atoms with Gasteiger partial charge in [0, 0.05) is 35.6 Å². The number of hydrogen-bond acceptors (Lipinski definition) is 4. The van der Waals surface area contributed by atoms with Crippen LogP contribution < -0.4 is 4.90 Å². The standard InChI is InChI=1S/C34H43FN2O3/c1-22-28(26-14-10-24(11-15-26)8-9-25-12-16-27(35)17-13-25)30(37-20-18-34(6,7)19-21-37)29(23(2)36-22)31(32(38)39)40-33(3,4)5/h10-17,31H,8-9,18-21H2,1-7H3,(H,38,39)/t31-/m0/s1. The van der Waals surface area contributed by atoms with E-state index in [4.69, 9.17) is 9.72 Å². The molecule has 4 rings (SSSR count). The molecule has 1 saturated heterocycles. The molecule has 0 unspecified atom stereocenters. The number of aromatic nitrogens is 1. The van der Waals surface area contributed by atoms with Crippen LogP contribution in [-0.4, -0.2) is 34.8 Å². The minimum absolute atomic E-state index is 0.222. The zero-order valence-corrected chi connectivity index (χ0v) is 25.0. The number of halogens is 1. The zero-order valence-electron chi connectivity index (χ0n) is 25.0. The molecule has 3 aromatic rings. The van der Waals surface area contributed by atoms with Crippen LogP contribution >= 0.6 is 0 Å². The average Bonchev–Trinajstić information content (AvgIpc) is 2.87. The molecule has 1 aliphatic heterocycles. The van der Waals surface area contributed by atoms with E-state index in [9.17, 15) is 14.3 Å². The molecule has 0 spiro atoms. The van der Waals surface area contributed by atoms with Crippen LogP contribution in [0.5, 0.6) is 0 Å². The van der Waals surface area contributed by atoms with E-state index in [1.807, 2.05) is 46.8 Å². The Balaban J connectivity index is 1.77. The Labute approximate surface area is 238 Å². The molecule has 1 aliphatic rings. The lowest BCUT2D eigenvalue weighted by Crippen LogP contribution is -2.39. The Morgan fingerprint density at radius 3 is 2.00 bits per heavy atom. The summed E-state index contributed by atoms with van der Waals surface area (Å²) in [5.74, 6) is -1.23. The van der Waals surface area contributed by atoms with Gasteiger partial charge in [0.05, 0.1) is 11.3 Å². The first kappa shape index (κ1) is 29.7. The lowest BCUT2D eigenvalue weighted by atomic mass is 9.81. The zero-order chi connectivity index (χ0) is 29.2. The highest BCUT2D eigenvalue weighted by molar-refractivity contribution is 5.88. The largest absolute Gasteiger partial charge is 0.479 e. The maximum atomic E-state index is 13.3. The Bertz CT molecular complexity index is 1330. The van der Waals surface area contributed by atoms with E-state index < -0.39 is 17.7 Å². The molecule has 6 heteroatoms. The smallest absolute Gasteiger partial charge is 0.337 e. The van der Waals surface area contributed by atoms with E-state index in [0.29, 0.717) is 11.3 Å². The summed E-state index contributed by atoms with van der Waals surface area (Å²) in [5, 5.41) is 10.4. The van der Waals surface area contributed by atoms with Crippen LogP contribution in [0.15, 0.2) is 48.5 Å². The lowest BCUT2D eigenvalue weighted by Gasteiger charge is -2.41. The summed E-state index contributed by atoms with van der Waals surface area (Å²) < 4.78 is 19.5. The maximum Gasteiger partial charge on any atom is 0.337 e. The maximum absolute atomic E-state index is 13.3. The van der Waals surface area contributed by atoms with Crippen LogP contribution in [0, 0.1) is 25.1 Å². The van der Waals surface area contributed by atoms with Crippen molar-refractivity contribution in [2.45, 2.75) is 85.9 Å². The number of rotatable bonds is 8. The van der Waals surface area contributed by atoms with Crippen LogP contribution in [0.25, 0.3) is 11.1 Å². The summed E-state index contributed by atoms with van der Waals surface area (Å²) in [4.78, 5) is 19.9. The number of benzene rings is 2. The van der Waals surface area contributed by atoms with Crippen molar-refractivity contribution in [3.05, 3.63) is 82.4 Å². The number of carboxylic acids is 1. The lowest BCUT2D eigenvalue weighted by molar-refractivity contribution is -0.160. The molecule has 214 valence electrons. The van der Waals surface area contributed by atoms with Gasteiger partial charge in [-0.3, -0.25) is 4.98 Å². The number of pyridine rings is 1. The summed E-state index contributed by atoms with van der Waals surface area (Å²) in [6.07, 6.45) is 2.58.